The van der Waals surface area contributed by atoms with Gasteiger partial charge < -0.3 is 10.2 Å². The standard InChI is InChI=1S/C16H9ClF2O2S/c17-10-7-15(8-1-3-13(20)11(18)5-8)22-16(10)9-2-4-14(21)12(19)6-9/h1-7,20-21H. The smallest absolute Gasteiger partial charge is 0.165 e. The molecule has 0 atom stereocenters. The summed E-state index contributed by atoms with van der Waals surface area (Å²) in [6, 6.07) is 9.68. The lowest BCUT2D eigenvalue weighted by Gasteiger charge is -2.01. The average molecular weight is 339 g/mol. The molecule has 0 saturated heterocycles. The lowest BCUT2D eigenvalue weighted by Crippen LogP contribution is -1.78. The topological polar surface area (TPSA) is 40.5 Å². The molecule has 0 spiro atoms. The van der Waals surface area contributed by atoms with Crippen LogP contribution in [0, 0.1) is 11.6 Å². The molecule has 2 nitrogen and oxygen atoms in total. The molecule has 3 aromatic rings. The van der Waals surface area contributed by atoms with E-state index in [0.29, 0.717) is 25.9 Å². The summed E-state index contributed by atoms with van der Waals surface area (Å²) in [5.74, 6) is -2.32. The Morgan fingerprint density at radius 2 is 1.36 bits per heavy atom. The van der Waals surface area contributed by atoms with Gasteiger partial charge in [-0.2, -0.15) is 0 Å². The number of rotatable bonds is 2. The first-order valence-corrected chi connectivity index (χ1v) is 7.42. The zero-order chi connectivity index (χ0) is 15.9. The summed E-state index contributed by atoms with van der Waals surface area (Å²) in [5.41, 5.74) is 1.09. The van der Waals surface area contributed by atoms with Crippen molar-refractivity contribution in [2.75, 3.05) is 0 Å². The van der Waals surface area contributed by atoms with E-state index < -0.39 is 23.1 Å². The van der Waals surface area contributed by atoms with E-state index in [0.717, 1.165) is 0 Å². The molecule has 0 amide bonds. The molecule has 0 fully saturated rings. The Bertz CT molecular complexity index is 861. The Labute approximate surface area is 133 Å². The van der Waals surface area contributed by atoms with Gasteiger partial charge in [-0.25, -0.2) is 8.78 Å². The summed E-state index contributed by atoms with van der Waals surface area (Å²) < 4.78 is 26.9. The lowest BCUT2D eigenvalue weighted by atomic mass is 10.1. The maximum absolute atomic E-state index is 13.5. The first-order valence-electron chi connectivity index (χ1n) is 6.23. The minimum absolute atomic E-state index is 0.401. The first-order chi connectivity index (χ1) is 10.5. The Morgan fingerprint density at radius 3 is 1.95 bits per heavy atom. The summed E-state index contributed by atoms with van der Waals surface area (Å²) >= 11 is 7.44. The number of phenols is 2. The largest absolute Gasteiger partial charge is 0.505 e. The van der Waals surface area contributed by atoms with Crippen molar-refractivity contribution in [3.05, 3.63) is 59.1 Å². The zero-order valence-electron chi connectivity index (χ0n) is 11.0. The van der Waals surface area contributed by atoms with Crippen LogP contribution >= 0.6 is 22.9 Å². The van der Waals surface area contributed by atoms with E-state index >= 15 is 0 Å². The molecule has 2 N–H and O–H groups in total. The van der Waals surface area contributed by atoms with Crippen LogP contribution in [-0.4, -0.2) is 10.2 Å². The van der Waals surface area contributed by atoms with Crippen molar-refractivity contribution in [2.45, 2.75) is 0 Å². The van der Waals surface area contributed by atoms with Gasteiger partial charge in [0, 0.05) is 4.88 Å². The van der Waals surface area contributed by atoms with Crippen molar-refractivity contribution in [3.8, 4) is 32.4 Å². The van der Waals surface area contributed by atoms with Gasteiger partial charge in [-0.3, -0.25) is 0 Å². The molecular formula is C16H9ClF2O2S. The number of halogens is 3. The van der Waals surface area contributed by atoms with Crippen LogP contribution in [0.2, 0.25) is 5.02 Å². The third-order valence-corrected chi connectivity index (χ3v) is 4.77. The van der Waals surface area contributed by atoms with E-state index in [1.54, 1.807) is 18.2 Å². The fraction of sp³-hybridized carbons (Fsp3) is 0. The van der Waals surface area contributed by atoms with Gasteiger partial charge in [0.2, 0.25) is 0 Å². The van der Waals surface area contributed by atoms with Crippen LogP contribution in [0.1, 0.15) is 0 Å². The summed E-state index contributed by atoms with van der Waals surface area (Å²) in [5, 5.41) is 18.9. The van der Waals surface area contributed by atoms with Crippen molar-refractivity contribution < 1.29 is 19.0 Å². The van der Waals surface area contributed by atoms with E-state index in [1.165, 1.54) is 35.6 Å². The number of aromatic hydroxyl groups is 2. The van der Waals surface area contributed by atoms with Crippen molar-refractivity contribution >= 4 is 22.9 Å². The third-order valence-electron chi connectivity index (χ3n) is 3.13. The predicted molar refractivity (Wildman–Crippen MR) is 83.4 cm³/mol. The summed E-state index contributed by atoms with van der Waals surface area (Å²) in [6.07, 6.45) is 0. The minimum Gasteiger partial charge on any atom is -0.505 e. The Morgan fingerprint density at radius 1 is 0.818 bits per heavy atom. The number of hydrogen-bond donors (Lipinski definition) is 2. The highest BCUT2D eigenvalue weighted by Gasteiger charge is 2.14. The molecule has 0 aliphatic rings. The third kappa shape index (κ3) is 2.65. The molecular weight excluding hydrogens is 330 g/mol. The molecule has 22 heavy (non-hydrogen) atoms. The number of benzene rings is 2. The monoisotopic (exact) mass is 338 g/mol. The molecule has 0 saturated carbocycles. The van der Waals surface area contributed by atoms with Gasteiger partial charge in [0.05, 0.1) is 9.90 Å². The number of phenolic OH excluding ortho intramolecular Hbond substituents is 2. The van der Waals surface area contributed by atoms with Crippen molar-refractivity contribution in [1.29, 1.82) is 0 Å². The molecule has 2 aromatic carbocycles. The van der Waals surface area contributed by atoms with Gasteiger partial charge in [-0.1, -0.05) is 11.6 Å². The van der Waals surface area contributed by atoms with Crippen LogP contribution < -0.4 is 0 Å². The van der Waals surface area contributed by atoms with Crippen molar-refractivity contribution in [1.82, 2.24) is 0 Å². The van der Waals surface area contributed by atoms with Gasteiger partial charge in [0.25, 0.3) is 0 Å². The highest BCUT2D eigenvalue weighted by Crippen LogP contribution is 2.42. The fourth-order valence-electron chi connectivity index (χ4n) is 2.02. The van der Waals surface area contributed by atoms with E-state index in [4.69, 9.17) is 11.6 Å². The lowest BCUT2D eigenvalue weighted by molar-refractivity contribution is 0.432. The predicted octanol–water partition coefficient (Wildman–Crippen LogP) is 5.42. The van der Waals surface area contributed by atoms with Crippen molar-refractivity contribution in [3.63, 3.8) is 0 Å². The van der Waals surface area contributed by atoms with E-state index in [-0.39, 0.29) is 0 Å². The van der Waals surface area contributed by atoms with Gasteiger partial charge in [-0.15, -0.1) is 11.3 Å². The fourth-order valence-corrected chi connectivity index (χ4v) is 3.46. The van der Waals surface area contributed by atoms with Crippen LogP contribution in [0.4, 0.5) is 8.78 Å². The van der Waals surface area contributed by atoms with Crippen LogP contribution in [0.15, 0.2) is 42.5 Å². The van der Waals surface area contributed by atoms with Gasteiger partial charge >= 0.3 is 0 Å². The molecule has 0 aliphatic heterocycles. The van der Waals surface area contributed by atoms with Gasteiger partial charge in [-0.05, 0) is 53.6 Å². The molecule has 0 unspecified atom stereocenters. The molecule has 0 aliphatic carbocycles. The normalized spacial score (nSPS) is 10.9. The summed E-state index contributed by atoms with van der Waals surface area (Å²) in [6.45, 7) is 0. The molecule has 0 bridgehead atoms. The van der Waals surface area contributed by atoms with Crippen LogP contribution in [0.5, 0.6) is 11.5 Å². The molecule has 0 radical (unpaired) electrons. The number of hydrogen-bond acceptors (Lipinski definition) is 3. The zero-order valence-corrected chi connectivity index (χ0v) is 12.6. The van der Waals surface area contributed by atoms with Crippen LogP contribution in [0.25, 0.3) is 20.9 Å². The van der Waals surface area contributed by atoms with Crippen LogP contribution in [0.3, 0.4) is 0 Å². The Balaban J connectivity index is 2.06. The van der Waals surface area contributed by atoms with E-state index in [2.05, 4.69) is 0 Å². The molecule has 1 aromatic heterocycles. The second-order valence-electron chi connectivity index (χ2n) is 4.62. The van der Waals surface area contributed by atoms with Gasteiger partial charge in [0.1, 0.15) is 0 Å². The van der Waals surface area contributed by atoms with Crippen molar-refractivity contribution in [2.24, 2.45) is 0 Å². The highest BCUT2D eigenvalue weighted by molar-refractivity contribution is 7.19. The second-order valence-corrected chi connectivity index (χ2v) is 6.08. The second kappa shape index (κ2) is 5.59. The minimum atomic E-state index is -0.737. The maximum atomic E-state index is 13.5. The molecule has 3 rings (SSSR count). The van der Waals surface area contributed by atoms with Gasteiger partial charge in [0.15, 0.2) is 23.1 Å². The SMILES string of the molecule is Oc1ccc(-c2cc(Cl)c(-c3ccc(O)c(F)c3)s2)cc1F. The average Bonchev–Trinajstić information content (AvgIpc) is 2.87. The van der Waals surface area contributed by atoms with E-state index in [1.807, 2.05) is 0 Å². The highest BCUT2D eigenvalue weighted by atomic mass is 35.5. The van der Waals surface area contributed by atoms with E-state index in [9.17, 15) is 19.0 Å². The Kier molecular flexibility index (Phi) is 3.76. The quantitative estimate of drug-likeness (QED) is 0.654. The molecule has 6 heteroatoms. The van der Waals surface area contributed by atoms with Crippen LogP contribution in [-0.2, 0) is 0 Å². The summed E-state index contributed by atoms with van der Waals surface area (Å²) in [4.78, 5) is 1.30. The Hall–Kier alpha value is -2.11. The maximum Gasteiger partial charge on any atom is 0.165 e. The molecule has 112 valence electrons. The summed E-state index contributed by atoms with van der Waals surface area (Å²) in [7, 11) is 0. The first kappa shape index (κ1) is 14.8. The molecule has 1 heterocycles. The number of thiophene rings is 1.